The standard InChI is InChI=1S/C20H21N5O4/c1-27-15-5-6-17(28-2)16(8-15)22-18(26)12-25-10-14(11-25)20-23-19(24-29-20)13-4-3-7-21-9-13/h3-9,14H,10-12H2,1-2H3,(H,22,26). The molecule has 9 nitrogen and oxygen atoms in total. The van der Waals surface area contributed by atoms with Crippen LogP contribution in [-0.4, -0.2) is 59.8 Å². The normalized spacial score (nSPS) is 14.3. The molecule has 1 N–H and O–H groups in total. The molecule has 0 aliphatic carbocycles. The van der Waals surface area contributed by atoms with Gasteiger partial charge in [0, 0.05) is 37.1 Å². The number of rotatable bonds is 7. The van der Waals surface area contributed by atoms with Crippen LogP contribution in [0.3, 0.4) is 0 Å². The van der Waals surface area contributed by atoms with Crippen molar-refractivity contribution in [2.75, 3.05) is 39.2 Å². The molecule has 1 saturated heterocycles. The number of benzene rings is 1. The number of pyridine rings is 1. The second kappa shape index (κ2) is 8.27. The molecule has 0 radical (unpaired) electrons. The van der Waals surface area contributed by atoms with E-state index in [1.807, 2.05) is 17.0 Å². The van der Waals surface area contributed by atoms with E-state index < -0.39 is 0 Å². The number of likely N-dealkylation sites (tertiary alicyclic amines) is 1. The molecule has 1 aliphatic rings. The number of carbonyl (C=O) groups is 1. The fourth-order valence-electron chi connectivity index (χ4n) is 3.17. The SMILES string of the molecule is COc1ccc(OC)c(NC(=O)CN2CC(c3nc(-c4cccnc4)no3)C2)c1. The van der Waals surface area contributed by atoms with Crippen molar-refractivity contribution in [1.29, 1.82) is 0 Å². The Hall–Kier alpha value is -3.46. The predicted octanol–water partition coefficient (Wildman–Crippen LogP) is 2.19. The number of hydrogen-bond donors (Lipinski definition) is 1. The lowest BCUT2D eigenvalue weighted by molar-refractivity contribution is -0.118. The molecule has 3 aromatic rings. The van der Waals surface area contributed by atoms with Gasteiger partial charge in [-0.3, -0.25) is 14.7 Å². The van der Waals surface area contributed by atoms with Crippen molar-refractivity contribution >= 4 is 11.6 Å². The van der Waals surface area contributed by atoms with Gasteiger partial charge < -0.3 is 19.3 Å². The summed E-state index contributed by atoms with van der Waals surface area (Å²) in [6.45, 7) is 1.62. The zero-order chi connectivity index (χ0) is 20.2. The Morgan fingerprint density at radius 3 is 2.86 bits per heavy atom. The van der Waals surface area contributed by atoms with E-state index in [1.54, 1.807) is 44.8 Å². The van der Waals surface area contributed by atoms with Crippen LogP contribution >= 0.6 is 0 Å². The van der Waals surface area contributed by atoms with Crippen LogP contribution < -0.4 is 14.8 Å². The molecule has 2 aromatic heterocycles. The van der Waals surface area contributed by atoms with Crippen molar-refractivity contribution in [1.82, 2.24) is 20.0 Å². The molecule has 29 heavy (non-hydrogen) atoms. The summed E-state index contributed by atoms with van der Waals surface area (Å²) in [4.78, 5) is 22.9. The highest BCUT2D eigenvalue weighted by molar-refractivity contribution is 5.94. The van der Waals surface area contributed by atoms with Gasteiger partial charge in [0.15, 0.2) is 0 Å². The highest BCUT2D eigenvalue weighted by atomic mass is 16.5. The monoisotopic (exact) mass is 395 g/mol. The van der Waals surface area contributed by atoms with Gasteiger partial charge in [-0.05, 0) is 24.3 Å². The summed E-state index contributed by atoms with van der Waals surface area (Å²) in [5.41, 5.74) is 1.39. The van der Waals surface area contributed by atoms with Crippen LogP contribution in [0.25, 0.3) is 11.4 Å². The number of aromatic nitrogens is 3. The first-order valence-electron chi connectivity index (χ1n) is 9.14. The van der Waals surface area contributed by atoms with Gasteiger partial charge >= 0.3 is 0 Å². The number of methoxy groups -OCH3 is 2. The van der Waals surface area contributed by atoms with Crippen LogP contribution in [0.15, 0.2) is 47.2 Å². The minimum absolute atomic E-state index is 0.118. The number of ether oxygens (including phenoxy) is 2. The van der Waals surface area contributed by atoms with Crippen LogP contribution in [-0.2, 0) is 4.79 Å². The van der Waals surface area contributed by atoms with Crippen molar-refractivity contribution in [2.45, 2.75) is 5.92 Å². The average Bonchev–Trinajstić information content (AvgIpc) is 3.20. The Bertz CT molecular complexity index is 986. The summed E-state index contributed by atoms with van der Waals surface area (Å²) in [5, 5.41) is 6.89. The molecule has 0 atom stereocenters. The van der Waals surface area contributed by atoms with Gasteiger partial charge in [0.25, 0.3) is 0 Å². The van der Waals surface area contributed by atoms with Gasteiger partial charge in [0.1, 0.15) is 11.5 Å². The summed E-state index contributed by atoms with van der Waals surface area (Å²) in [5.74, 6) is 2.31. The van der Waals surface area contributed by atoms with Crippen LogP contribution in [0.5, 0.6) is 11.5 Å². The highest BCUT2D eigenvalue weighted by Crippen LogP contribution is 2.30. The summed E-state index contributed by atoms with van der Waals surface area (Å²) >= 11 is 0. The van der Waals surface area contributed by atoms with Crippen molar-refractivity contribution in [3.63, 3.8) is 0 Å². The van der Waals surface area contributed by atoms with Crippen molar-refractivity contribution in [2.24, 2.45) is 0 Å². The first-order chi connectivity index (χ1) is 14.2. The fourth-order valence-corrected chi connectivity index (χ4v) is 3.17. The Morgan fingerprint density at radius 1 is 1.28 bits per heavy atom. The smallest absolute Gasteiger partial charge is 0.238 e. The second-order valence-corrected chi connectivity index (χ2v) is 6.70. The third-order valence-corrected chi connectivity index (χ3v) is 4.72. The zero-order valence-corrected chi connectivity index (χ0v) is 16.2. The summed E-state index contributed by atoms with van der Waals surface area (Å²) in [7, 11) is 3.13. The average molecular weight is 395 g/mol. The van der Waals surface area contributed by atoms with Gasteiger partial charge in [-0.1, -0.05) is 5.16 Å². The molecule has 1 aromatic carbocycles. The number of nitrogens with one attached hydrogen (secondary N) is 1. The Labute approximate surface area is 167 Å². The largest absolute Gasteiger partial charge is 0.497 e. The molecule has 0 saturated carbocycles. The summed E-state index contributed by atoms with van der Waals surface area (Å²) in [6.07, 6.45) is 3.39. The van der Waals surface area contributed by atoms with Gasteiger partial charge in [-0.15, -0.1) is 0 Å². The molecule has 1 amide bonds. The molecule has 0 unspecified atom stereocenters. The van der Waals surface area contributed by atoms with Crippen LogP contribution in [0.4, 0.5) is 5.69 Å². The molecule has 1 aliphatic heterocycles. The first kappa shape index (κ1) is 18.9. The lowest BCUT2D eigenvalue weighted by atomic mass is 10.0. The second-order valence-electron chi connectivity index (χ2n) is 6.70. The Morgan fingerprint density at radius 2 is 2.14 bits per heavy atom. The number of amides is 1. The highest BCUT2D eigenvalue weighted by Gasteiger charge is 2.33. The van der Waals surface area contributed by atoms with E-state index in [4.69, 9.17) is 14.0 Å². The molecular formula is C20H21N5O4. The maximum absolute atomic E-state index is 12.4. The maximum atomic E-state index is 12.4. The minimum Gasteiger partial charge on any atom is -0.497 e. The zero-order valence-electron chi connectivity index (χ0n) is 16.2. The van der Waals surface area contributed by atoms with E-state index in [2.05, 4.69) is 20.4 Å². The van der Waals surface area contributed by atoms with E-state index >= 15 is 0 Å². The van der Waals surface area contributed by atoms with E-state index in [0.29, 0.717) is 42.0 Å². The van der Waals surface area contributed by atoms with E-state index in [1.165, 1.54) is 0 Å². The summed E-state index contributed by atoms with van der Waals surface area (Å²) in [6, 6.07) is 8.97. The lowest BCUT2D eigenvalue weighted by Gasteiger charge is -2.36. The summed E-state index contributed by atoms with van der Waals surface area (Å²) < 4.78 is 15.9. The maximum Gasteiger partial charge on any atom is 0.238 e. The minimum atomic E-state index is -0.128. The molecular weight excluding hydrogens is 374 g/mol. The molecule has 0 bridgehead atoms. The quantitative estimate of drug-likeness (QED) is 0.649. The number of hydrogen-bond acceptors (Lipinski definition) is 8. The number of anilines is 1. The number of nitrogens with zero attached hydrogens (tertiary/aromatic N) is 4. The van der Waals surface area contributed by atoms with Crippen molar-refractivity contribution in [3.05, 3.63) is 48.6 Å². The fraction of sp³-hybridized carbons (Fsp3) is 0.300. The van der Waals surface area contributed by atoms with Crippen molar-refractivity contribution in [3.8, 4) is 22.9 Å². The van der Waals surface area contributed by atoms with Crippen LogP contribution in [0.1, 0.15) is 11.8 Å². The predicted molar refractivity (Wildman–Crippen MR) is 105 cm³/mol. The first-order valence-corrected chi connectivity index (χ1v) is 9.14. The Kier molecular flexibility index (Phi) is 5.39. The molecule has 1 fully saturated rings. The topological polar surface area (TPSA) is 103 Å². The van der Waals surface area contributed by atoms with E-state index in [9.17, 15) is 4.79 Å². The third-order valence-electron chi connectivity index (χ3n) is 4.72. The van der Waals surface area contributed by atoms with Gasteiger partial charge in [0.05, 0.1) is 32.4 Å². The number of carbonyl (C=O) groups excluding carboxylic acids is 1. The van der Waals surface area contributed by atoms with Crippen molar-refractivity contribution < 1.29 is 18.8 Å². The van der Waals surface area contributed by atoms with E-state index in [0.717, 1.165) is 5.56 Å². The molecule has 3 heterocycles. The molecule has 150 valence electrons. The lowest BCUT2D eigenvalue weighted by Crippen LogP contribution is -2.48. The van der Waals surface area contributed by atoms with Gasteiger partial charge in [0.2, 0.25) is 17.6 Å². The van der Waals surface area contributed by atoms with Crippen LogP contribution in [0, 0.1) is 0 Å². The van der Waals surface area contributed by atoms with Crippen LogP contribution in [0.2, 0.25) is 0 Å². The molecule has 4 rings (SSSR count). The van der Waals surface area contributed by atoms with E-state index in [-0.39, 0.29) is 18.4 Å². The van der Waals surface area contributed by atoms with Gasteiger partial charge in [-0.2, -0.15) is 4.98 Å². The molecule has 0 spiro atoms. The van der Waals surface area contributed by atoms with Gasteiger partial charge in [-0.25, -0.2) is 0 Å². The molecule has 9 heteroatoms. The third kappa shape index (κ3) is 4.19. The Balaban J connectivity index is 1.31.